The summed E-state index contributed by atoms with van der Waals surface area (Å²) in [7, 11) is 0. The van der Waals surface area contributed by atoms with Crippen molar-refractivity contribution < 1.29 is 18.0 Å². The highest BCUT2D eigenvalue weighted by molar-refractivity contribution is 6.04. The average Bonchev–Trinajstić information content (AvgIpc) is 3.37. The number of nitrogens with two attached hydrogens (primary N) is 1. The lowest BCUT2D eigenvalue weighted by Crippen LogP contribution is -2.16. The summed E-state index contributed by atoms with van der Waals surface area (Å²) >= 11 is 0. The molecule has 184 valence electrons. The molecule has 0 fully saturated rings. The van der Waals surface area contributed by atoms with Gasteiger partial charge in [-0.05, 0) is 55.0 Å². The summed E-state index contributed by atoms with van der Waals surface area (Å²) in [5.74, 6) is 5.31. The van der Waals surface area contributed by atoms with Gasteiger partial charge in [-0.25, -0.2) is 4.98 Å². The number of hydrogen-bond donors (Lipinski definition) is 2. The van der Waals surface area contributed by atoms with Crippen LogP contribution in [0.25, 0.3) is 5.69 Å². The Hall–Kier alpha value is -4.93. The van der Waals surface area contributed by atoms with E-state index >= 15 is 0 Å². The Labute approximate surface area is 210 Å². The zero-order valence-electron chi connectivity index (χ0n) is 19.5. The molecule has 0 aliphatic heterocycles. The third-order valence-electron chi connectivity index (χ3n) is 5.41. The monoisotopic (exact) mass is 500 g/mol. The van der Waals surface area contributed by atoms with Gasteiger partial charge < -0.3 is 15.6 Å². The number of nitriles is 1. The van der Waals surface area contributed by atoms with Crippen molar-refractivity contribution in [1.82, 2.24) is 14.5 Å². The van der Waals surface area contributed by atoms with E-state index in [-0.39, 0.29) is 16.9 Å². The number of imidazole rings is 1. The third-order valence-corrected chi connectivity index (χ3v) is 5.41. The van der Waals surface area contributed by atoms with E-state index in [9.17, 15) is 18.0 Å². The molecular formula is C27H19F3N6O. The van der Waals surface area contributed by atoms with Crippen LogP contribution in [0.1, 0.15) is 44.0 Å². The number of nitrogens with one attached hydrogen (secondary N) is 1. The molecule has 1 amide bonds. The Balaban J connectivity index is 1.59. The minimum Gasteiger partial charge on any atom is -0.325 e. The molecule has 0 atom stereocenters. The smallest absolute Gasteiger partial charge is 0.325 e. The van der Waals surface area contributed by atoms with Crippen LogP contribution in [0.2, 0.25) is 0 Å². The normalized spacial score (nSPS) is 10.8. The molecule has 0 saturated heterocycles. The first-order chi connectivity index (χ1) is 17.7. The highest BCUT2D eigenvalue weighted by atomic mass is 19.4. The van der Waals surface area contributed by atoms with E-state index in [2.05, 4.69) is 27.1 Å². The van der Waals surface area contributed by atoms with Gasteiger partial charge in [-0.15, -0.1) is 0 Å². The molecule has 4 aromatic rings. The van der Waals surface area contributed by atoms with Gasteiger partial charge in [0.05, 0.1) is 16.9 Å². The number of anilines is 1. The van der Waals surface area contributed by atoms with E-state index in [1.807, 2.05) is 6.92 Å². The highest BCUT2D eigenvalue weighted by Crippen LogP contribution is 2.35. The predicted octanol–water partition coefficient (Wildman–Crippen LogP) is 4.58. The molecule has 7 nitrogen and oxygen atoms in total. The van der Waals surface area contributed by atoms with Crippen molar-refractivity contribution >= 4 is 11.6 Å². The molecule has 0 radical (unpaired) electrons. The van der Waals surface area contributed by atoms with Gasteiger partial charge in [0.25, 0.3) is 5.91 Å². The van der Waals surface area contributed by atoms with Crippen molar-refractivity contribution in [1.29, 1.82) is 5.26 Å². The van der Waals surface area contributed by atoms with Crippen LogP contribution in [-0.2, 0) is 12.7 Å². The minimum atomic E-state index is -4.74. The molecule has 2 aromatic carbocycles. The number of pyridine rings is 1. The molecule has 0 unspecified atom stereocenters. The summed E-state index contributed by atoms with van der Waals surface area (Å²) in [5, 5.41) is 11.5. The molecule has 4 rings (SSSR count). The van der Waals surface area contributed by atoms with Gasteiger partial charge >= 0.3 is 6.18 Å². The zero-order valence-corrected chi connectivity index (χ0v) is 19.5. The third kappa shape index (κ3) is 5.84. The number of amides is 1. The molecular weight excluding hydrogens is 481 g/mol. The lowest BCUT2D eigenvalue weighted by molar-refractivity contribution is -0.137. The van der Waals surface area contributed by atoms with Crippen molar-refractivity contribution in [3.8, 4) is 23.6 Å². The van der Waals surface area contributed by atoms with Gasteiger partial charge in [-0.1, -0.05) is 17.9 Å². The van der Waals surface area contributed by atoms with Gasteiger partial charge in [-0.2, -0.15) is 18.4 Å². The molecule has 2 aromatic heterocycles. The van der Waals surface area contributed by atoms with E-state index in [4.69, 9.17) is 11.0 Å². The SMILES string of the molecule is Cc1ccc(NC(=O)c2ccc(-n3cnc(C#N)c3)c(C(F)(F)F)c2)cc1C#Cc1ccc(CN)nc1. The lowest BCUT2D eigenvalue weighted by atomic mass is 10.1. The molecule has 0 aliphatic carbocycles. The van der Waals surface area contributed by atoms with Gasteiger partial charge in [0, 0.05) is 41.3 Å². The fourth-order valence-corrected chi connectivity index (χ4v) is 3.44. The fraction of sp³-hybridized carbons (Fsp3) is 0.111. The van der Waals surface area contributed by atoms with Gasteiger partial charge in [0.15, 0.2) is 5.69 Å². The van der Waals surface area contributed by atoms with E-state index in [0.29, 0.717) is 23.4 Å². The number of carbonyl (C=O) groups excluding carboxylic acids is 1. The van der Waals surface area contributed by atoms with Crippen LogP contribution in [0.4, 0.5) is 18.9 Å². The lowest BCUT2D eigenvalue weighted by Gasteiger charge is -2.15. The minimum absolute atomic E-state index is 0.0305. The number of alkyl halides is 3. The van der Waals surface area contributed by atoms with Crippen LogP contribution < -0.4 is 11.1 Å². The number of aromatic nitrogens is 3. The number of benzene rings is 2. The maximum Gasteiger partial charge on any atom is 0.418 e. The Kier molecular flexibility index (Phi) is 7.05. The molecule has 0 bridgehead atoms. The standard InChI is InChI=1S/C27H19F3N6O/c1-17-2-7-21(10-19(17)5-3-18-4-8-22(12-31)33-14-18)35-26(37)20-6-9-25(24(11-20)27(28,29)30)36-15-23(13-32)34-16-36/h2,4,6-11,14-16H,12,31H2,1H3,(H,35,37). The van der Waals surface area contributed by atoms with Crippen LogP contribution >= 0.6 is 0 Å². The number of aryl methyl sites for hydroxylation is 1. The van der Waals surface area contributed by atoms with Crippen molar-refractivity contribution in [2.75, 3.05) is 5.32 Å². The first kappa shape index (κ1) is 25.2. The van der Waals surface area contributed by atoms with Gasteiger partial charge in [-0.3, -0.25) is 9.78 Å². The second kappa shape index (κ2) is 10.4. The predicted molar refractivity (Wildman–Crippen MR) is 131 cm³/mol. The Bertz CT molecular complexity index is 1570. The van der Waals surface area contributed by atoms with E-state index < -0.39 is 17.6 Å². The van der Waals surface area contributed by atoms with E-state index in [0.717, 1.165) is 34.3 Å². The molecule has 2 heterocycles. The molecule has 37 heavy (non-hydrogen) atoms. The summed E-state index contributed by atoms with van der Waals surface area (Å²) in [6, 6.07) is 13.6. The first-order valence-electron chi connectivity index (χ1n) is 10.9. The van der Waals surface area contributed by atoms with Crippen LogP contribution in [0, 0.1) is 30.1 Å². The largest absolute Gasteiger partial charge is 0.418 e. The summed E-state index contributed by atoms with van der Waals surface area (Å²) in [4.78, 5) is 20.8. The molecule has 3 N–H and O–H groups in total. The summed E-state index contributed by atoms with van der Waals surface area (Å²) in [5.41, 5.74) is 7.35. The van der Waals surface area contributed by atoms with Crippen molar-refractivity contribution in [2.24, 2.45) is 5.73 Å². The quantitative estimate of drug-likeness (QED) is 0.399. The van der Waals surface area contributed by atoms with Crippen molar-refractivity contribution in [3.63, 3.8) is 0 Å². The van der Waals surface area contributed by atoms with Gasteiger partial charge in [0.1, 0.15) is 12.4 Å². The van der Waals surface area contributed by atoms with E-state index in [1.54, 1.807) is 42.6 Å². The Morgan fingerprint density at radius 1 is 1.11 bits per heavy atom. The number of carbonyl (C=O) groups is 1. The number of nitrogens with zero attached hydrogens (tertiary/aromatic N) is 4. The second-order valence-corrected chi connectivity index (χ2v) is 7.98. The van der Waals surface area contributed by atoms with Crippen molar-refractivity contribution in [3.05, 3.63) is 106 Å². The second-order valence-electron chi connectivity index (χ2n) is 7.98. The highest BCUT2D eigenvalue weighted by Gasteiger charge is 2.35. The van der Waals surface area contributed by atoms with Crippen molar-refractivity contribution in [2.45, 2.75) is 19.6 Å². The van der Waals surface area contributed by atoms with E-state index in [1.165, 1.54) is 12.3 Å². The van der Waals surface area contributed by atoms with Crippen LogP contribution in [0.5, 0.6) is 0 Å². The van der Waals surface area contributed by atoms with Gasteiger partial charge in [0.2, 0.25) is 0 Å². The average molecular weight is 500 g/mol. The van der Waals surface area contributed by atoms with Crippen LogP contribution in [-0.4, -0.2) is 20.4 Å². The topological polar surface area (TPSA) is 110 Å². The van der Waals surface area contributed by atoms with Crippen LogP contribution in [0.15, 0.2) is 67.3 Å². The Morgan fingerprint density at radius 2 is 1.92 bits per heavy atom. The summed E-state index contributed by atoms with van der Waals surface area (Å²) < 4.78 is 42.5. The summed E-state index contributed by atoms with van der Waals surface area (Å²) in [6.45, 7) is 2.18. The maximum absolute atomic E-state index is 13.8. The van der Waals surface area contributed by atoms with Crippen LogP contribution in [0.3, 0.4) is 0 Å². The number of halogens is 3. The Morgan fingerprint density at radius 3 is 2.57 bits per heavy atom. The fourth-order valence-electron chi connectivity index (χ4n) is 3.44. The number of rotatable bonds is 4. The zero-order chi connectivity index (χ0) is 26.6. The first-order valence-corrected chi connectivity index (χ1v) is 10.9. The number of hydrogen-bond acceptors (Lipinski definition) is 5. The molecule has 0 saturated carbocycles. The molecule has 0 aliphatic rings. The molecule has 10 heteroatoms. The summed E-state index contributed by atoms with van der Waals surface area (Å²) in [6.07, 6.45) is -0.836. The molecule has 0 spiro atoms. The maximum atomic E-state index is 13.8.